The molecule has 1 aromatic carbocycles. The molecule has 1 heterocycles. The number of hydrogen-bond acceptors (Lipinski definition) is 5. The molecule has 0 aliphatic carbocycles. The molecule has 0 saturated carbocycles. The van der Waals surface area contributed by atoms with E-state index in [1.165, 1.54) is 12.1 Å². The van der Waals surface area contributed by atoms with E-state index in [2.05, 4.69) is 0 Å². The van der Waals surface area contributed by atoms with Gasteiger partial charge in [0, 0.05) is 25.2 Å². The Balaban J connectivity index is 2.43. The van der Waals surface area contributed by atoms with Gasteiger partial charge in [0.05, 0.1) is 31.2 Å². The van der Waals surface area contributed by atoms with E-state index in [1.54, 1.807) is 18.7 Å². The molecule has 1 aliphatic rings. The normalized spacial score (nSPS) is 20.3. The highest BCUT2D eigenvalue weighted by atomic mass is 35.5. The van der Waals surface area contributed by atoms with Gasteiger partial charge in [0.2, 0.25) is 0 Å². The number of sulfone groups is 1. The number of non-ortho nitro benzene ring substituents is 1. The number of nitro benzene ring substituents is 1. The van der Waals surface area contributed by atoms with E-state index < -0.39 is 19.5 Å². The Labute approximate surface area is 132 Å². The van der Waals surface area contributed by atoms with Crippen LogP contribution in [-0.4, -0.2) is 36.9 Å². The van der Waals surface area contributed by atoms with Crippen LogP contribution >= 0.6 is 23.2 Å². The third kappa shape index (κ3) is 2.95. The van der Waals surface area contributed by atoms with Gasteiger partial charge in [0.25, 0.3) is 5.69 Å². The first-order valence-electron chi connectivity index (χ1n) is 6.16. The lowest BCUT2D eigenvalue weighted by molar-refractivity contribution is -0.384. The predicted octanol–water partition coefficient (Wildman–Crippen LogP) is 2.92. The van der Waals surface area contributed by atoms with Gasteiger partial charge in [-0.15, -0.1) is 0 Å². The molecule has 0 aromatic heterocycles. The van der Waals surface area contributed by atoms with E-state index >= 15 is 0 Å². The average molecular weight is 353 g/mol. The number of hydrogen-bond donors (Lipinski definition) is 0. The summed E-state index contributed by atoms with van der Waals surface area (Å²) in [4.78, 5) is 12.0. The van der Waals surface area contributed by atoms with Crippen LogP contribution in [0.4, 0.5) is 11.4 Å². The third-order valence-electron chi connectivity index (χ3n) is 3.57. The molecule has 0 spiro atoms. The van der Waals surface area contributed by atoms with Gasteiger partial charge in [0.15, 0.2) is 9.84 Å². The first-order chi connectivity index (χ1) is 9.55. The minimum Gasteiger partial charge on any atom is -0.367 e. The molecule has 1 aliphatic heterocycles. The van der Waals surface area contributed by atoms with Gasteiger partial charge >= 0.3 is 0 Å². The molecule has 0 N–H and O–H groups in total. The van der Waals surface area contributed by atoms with Gasteiger partial charge in [-0.1, -0.05) is 23.2 Å². The number of rotatable bonds is 2. The van der Waals surface area contributed by atoms with Crippen LogP contribution in [0.1, 0.15) is 13.8 Å². The standard InChI is InChI=1S/C12H14Cl2N2O4S/c1-12(2)7-15(3-4-21(12,19)20)11-9(13)5-8(16(17)18)6-10(11)14/h5-6H,3-4,7H2,1-2H3. The Morgan fingerprint density at radius 2 is 1.81 bits per heavy atom. The van der Waals surface area contributed by atoms with Crippen LogP contribution in [0.15, 0.2) is 12.1 Å². The molecule has 6 nitrogen and oxygen atoms in total. The highest BCUT2D eigenvalue weighted by Crippen LogP contribution is 2.39. The molecule has 0 bridgehead atoms. The van der Waals surface area contributed by atoms with Gasteiger partial charge in [0.1, 0.15) is 0 Å². The topological polar surface area (TPSA) is 80.5 Å². The summed E-state index contributed by atoms with van der Waals surface area (Å²) in [6.45, 7) is 3.76. The van der Waals surface area contributed by atoms with Crippen molar-refractivity contribution in [3.8, 4) is 0 Å². The van der Waals surface area contributed by atoms with Crippen LogP contribution in [0.2, 0.25) is 10.0 Å². The summed E-state index contributed by atoms with van der Waals surface area (Å²) in [5.74, 6) is -0.0103. The molecule has 0 amide bonds. The van der Waals surface area contributed by atoms with E-state index in [0.29, 0.717) is 5.69 Å². The van der Waals surface area contributed by atoms with E-state index in [-0.39, 0.29) is 34.6 Å². The second kappa shape index (κ2) is 5.30. The van der Waals surface area contributed by atoms with Crippen LogP contribution in [0, 0.1) is 10.1 Å². The largest absolute Gasteiger partial charge is 0.367 e. The smallest absolute Gasteiger partial charge is 0.272 e. The van der Waals surface area contributed by atoms with Crippen molar-refractivity contribution < 1.29 is 13.3 Å². The minimum absolute atomic E-state index is 0.0103. The summed E-state index contributed by atoms with van der Waals surface area (Å²) in [5.41, 5.74) is 0.240. The zero-order valence-electron chi connectivity index (χ0n) is 11.5. The molecule has 1 saturated heterocycles. The number of nitrogens with zero attached hydrogens (tertiary/aromatic N) is 2. The Bertz CT molecular complexity index is 680. The molecule has 1 aromatic rings. The number of anilines is 1. The molecule has 21 heavy (non-hydrogen) atoms. The van der Waals surface area contributed by atoms with Crippen LogP contribution in [0.25, 0.3) is 0 Å². The average Bonchev–Trinajstić information content (AvgIpc) is 2.32. The van der Waals surface area contributed by atoms with Crippen molar-refractivity contribution in [2.45, 2.75) is 18.6 Å². The highest BCUT2D eigenvalue weighted by molar-refractivity contribution is 7.92. The fourth-order valence-corrected chi connectivity index (χ4v) is 4.37. The number of nitro groups is 1. The predicted molar refractivity (Wildman–Crippen MR) is 83.2 cm³/mol. The maximum atomic E-state index is 12.0. The summed E-state index contributed by atoms with van der Waals surface area (Å²) in [7, 11) is -3.19. The molecule has 116 valence electrons. The molecule has 9 heteroatoms. The van der Waals surface area contributed by atoms with Gasteiger partial charge in [-0.2, -0.15) is 0 Å². The lowest BCUT2D eigenvalue weighted by Gasteiger charge is -2.39. The quantitative estimate of drug-likeness (QED) is 0.603. The Morgan fingerprint density at radius 1 is 1.29 bits per heavy atom. The first-order valence-corrected chi connectivity index (χ1v) is 8.57. The molecular formula is C12H14Cl2N2O4S. The second-order valence-electron chi connectivity index (χ2n) is 5.52. The van der Waals surface area contributed by atoms with Crippen molar-refractivity contribution in [2.75, 3.05) is 23.7 Å². The number of halogens is 2. The van der Waals surface area contributed by atoms with E-state index in [9.17, 15) is 18.5 Å². The van der Waals surface area contributed by atoms with Crippen LogP contribution in [0.5, 0.6) is 0 Å². The van der Waals surface area contributed by atoms with Gasteiger partial charge < -0.3 is 4.90 Å². The van der Waals surface area contributed by atoms with Crippen molar-refractivity contribution in [3.05, 3.63) is 32.3 Å². The zero-order chi connectivity index (χ0) is 16.0. The van der Waals surface area contributed by atoms with Crippen molar-refractivity contribution in [3.63, 3.8) is 0 Å². The summed E-state index contributed by atoms with van der Waals surface area (Å²) < 4.78 is 23.1. The van der Waals surface area contributed by atoms with Crippen molar-refractivity contribution in [1.29, 1.82) is 0 Å². The summed E-state index contributed by atoms with van der Waals surface area (Å²) >= 11 is 12.2. The minimum atomic E-state index is -3.19. The molecule has 0 unspecified atom stereocenters. The van der Waals surface area contributed by atoms with Crippen molar-refractivity contribution >= 4 is 44.4 Å². The third-order valence-corrected chi connectivity index (χ3v) is 6.68. The van der Waals surface area contributed by atoms with Gasteiger partial charge in [-0.05, 0) is 13.8 Å². The Hall–Kier alpha value is -1.05. The lowest BCUT2D eigenvalue weighted by atomic mass is 10.1. The lowest BCUT2D eigenvalue weighted by Crippen LogP contribution is -2.53. The number of benzene rings is 1. The maximum absolute atomic E-state index is 12.0. The molecule has 0 atom stereocenters. The van der Waals surface area contributed by atoms with Gasteiger partial charge in [-0.3, -0.25) is 10.1 Å². The molecule has 2 rings (SSSR count). The van der Waals surface area contributed by atoms with E-state index in [4.69, 9.17) is 23.2 Å². The Morgan fingerprint density at radius 3 is 2.24 bits per heavy atom. The zero-order valence-corrected chi connectivity index (χ0v) is 13.8. The van der Waals surface area contributed by atoms with Crippen LogP contribution < -0.4 is 4.90 Å². The summed E-state index contributed by atoms with van der Waals surface area (Å²) in [5, 5.41) is 11.1. The van der Waals surface area contributed by atoms with Gasteiger partial charge in [-0.25, -0.2) is 8.42 Å². The van der Waals surface area contributed by atoms with Crippen molar-refractivity contribution in [1.82, 2.24) is 0 Å². The summed E-state index contributed by atoms with van der Waals surface area (Å²) in [6, 6.07) is 2.44. The van der Waals surface area contributed by atoms with E-state index in [0.717, 1.165) is 0 Å². The first kappa shape index (κ1) is 16.3. The fraction of sp³-hybridized carbons (Fsp3) is 0.500. The second-order valence-corrected chi connectivity index (χ2v) is 9.07. The fourth-order valence-electron chi connectivity index (χ4n) is 2.29. The van der Waals surface area contributed by atoms with E-state index in [1.807, 2.05) is 0 Å². The van der Waals surface area contributed by atoms with Crippen molar-refractivity contribution in [2.24, 2.45) is 0 Å². The highest BCUT2D eigenvalue weighted by Gasteiger charge is 2.41. The van der Waals surface area contributed by atoms with Crippen LogP contribution in [0.3, 0.4) is 0 Å². The molecule has 1 fully saturated rings. The molecular weight excluding hydrogens is 339 g/mol. The SMILES string of the molecule is CC1(C)CN(c2c(Cl)cc([N+](=O)[O-])cc2Cl)CCS1(=O)=O. The molecule has 0 radical (unpaired) electrons. The van der Waals surface area contributed by atoms with Crippen LogP contribution in [-0.2, 0) is 9.84 Å². The monoisotopic (exact) mass is 352 g/mol. The summed E-state index contributed by atoms with van der Waals surface area (Å²) in [6.07, 6.45) is 0. The Kier molecular flexibility index (Phi) is 4.12. The maximum Gasteiger partial charge on any atom is 0.272 e.